The molecule has 1 unspecified atom stereocenters. The van der Waals surface area contributed by atoms with Gasteiger partial charge in [0.2, 0.25) is 0 Å². The van der Waals surface area contributed by atoms with Gasteiger partial charge in [-0.25, -0.2) is 0 Å². The fraction of sp³-hybridized carbons (Fsp3) is 0.571. The van der Waals surface area contributed by atoms with Gasteiger partial charge in [0.15, 0.2) is 0 Å². The van der Waals surface area contributed by atoms with Crippen LogP contribution >= 0.6 is 23.4 Å². The third kappa shape index (κ3) is 6.10. The average Bonchev–Trinajstić information content (AvgIpc) is 2.35. The van der Waals surface area contributed by atoms with Crippen LogP contribution in [0.25, 0.3) is 0 Å². The smallest absolute Gasteiger partial charge is 0.0741 e. The van der Waals surface area contributed by atoms with E-state index in [-0.39, 0.29) is 0 Å². The predicted octanol–water partition coefficient (Wildman–Crippen LogP) is 3.45. The van der Waals surface area contributed by atoms with Crippen molar-refractivity contribution >= 4 is 23.4 Å². The third-order valence-electron chi connectivity index (χ3n) is 2.91. The van der Waals surface area contributed by atoms with Crippen molar-refractivity contribution in [1.29, 1.82) is 0 Å². The van der Waals surface area contributed by atoms with E-state index < -0.39 is 5.60 Å². The zero-order chi connectivity index (χ0) is 13.4. The molecule has 0 aromatic heterocycles. The van der Waals surface area contributed by atoms with Gasteiger partial charge in [0.25, 0.3) is 0 Å². The van der Waals surface area contributed by atoms with E-state index in [1.54, 1.807) is 6.92 Å². The monoisotopic (exact) mass is 287 g/mol. The molecular formula is C14H22ClNOS. The molecule has 0 saturated heterocycles. The Balaban J connectivity index is 2.11. The number of rotatable bonds is 8. The third-order valence-corrected chi connectivity index (χ3v) is 4.37. The zero-order valence-corrected chi connectivity index (χ0v) is 12.4. The van der Waals surface area contributed by atoms with Gasteiger partial charge in [-0.1, -0.05) is 29.8 Å². The molecule has 0 fully saturated rings. The summed E-state index contributed by atoms with van der Waals surface area (Å²) in [7, 11) is 0. The van der Waals surface area contributed by atoms with Crippen molar-refractivity contribution in [3.63, 3.8) is 0 Å². The number of aliphatic hydroxyl groups is 1. The van der Waals surface area contributed by atoms with Gasteiger partial charge in [0.05, 0.1) is 5.60 Å². The molecule has 1 aromatic carbocycles. The second-order valence-electron chi connectivity index (χ2n) is 4.80. The number of nitrogens with two attached hydrogens (primary N) is 1. The van der Waals surface area contributed by atoms with Crippen LogP contribution in [-0.4, -0.2) is 23.0 Å². The van der Waals surface area contributed by atoms with Crippen LogP contribution in [-0.2, 0) is 5.75 Å². The second kappa shape index (κ2) is 8.05. The van der Waals surface area contributed by atoms with Crippen molar-refractivity contribution in [2.45, 2.75) is 37.5 Å². The van der Waals surface area contributed by atoms with E-state index in [0.29, 0.717) is 6.54 Å². The van der Waals surface area contributed by atoms with E-state index in [9.17, 15) is 5.11 Å². The molecule has 4 heteroatoms. The number of hydrogen-bond acceptors (Lipinski definition) is 3. The summed E-state index contributed by atoms with van der Waals surface area (Å²) in [5, 5.41) is 10.6. The fourth-order valence-corrected chi connectivity index (χ4v) is 2.92. The van der Waals surface area contributed by atoms with Crippen LogP contribution in [0, 0.1) is 0 Å². The first kappa shape index (κ1) is 15.8. The molecule has 1 rings (SSSR count). The Hall–Kier alpha value is -0.220. The summed E-state index contributed by atoms with van der Waals surface area (Å²) in [6, 6.07) is 7.95. The summed E-state index contributed by atoms with van der Waals surface area (Å²) in [5.41, 5.74) is 5.96. The summed E-state index contributed by atoms with van der Waals surface area (Å²) in [6.45, 7) is 2.13. The van der Waals surface area contributed by atoms with Crippen molar-refractivity contribution in [2.24, 2.45) is 5.73 Å². The molecule has 102 valence electrons. The topological polar surface area (TPSA) is 46.2 Å². The van der Waals surface area contributed by atoms with E-state index in [1.165, 1.54) is 5.56 Å². The summed E-state index contributed by atoms with van der Waals surface area (Å²) in [6.07, 6.45) is 2.89. The SMILES string of the molecule is CC(O)(CN)CCCCSCc1ccccc1Cl. The maximum Gasteiger partial charge on any atom is 0.0741 e. The highest BCUT2D eigenvalue weighted by Gasteiger charge is 2.16. The van der Waals surface area contributed by atoms with Gasteiger partial charge in [-0.3, -0.25) is 0 Å². The lowest BCUT2D eigenvalue weighted by Crippen LogP contribution is -2.33. The number of halogens is 1. The Bertz CT molecular complexity index is 357. The first-order chi connectivity index (χ1) is 8.55. The van der Waals surface area contributed by atoms with Gasteiger partial charge in [-0.05, 0) is 43.6 Å². The molecule has 0 aliphatic heterocycles. The largest absolute Gasteiger partial charge is 0.389 e. The Kier molecular flexibility index (Phi) is 7.08. The van der Waals surface area contributed by atoms with Crippen molar-refractivity contribution in [3.8, 4) is 0 Å². The van der Waals surface area contributed by atoms with Crippen LogP contribution < -0.4 is 5.73 Å². The zero-order valence-electron chi connectivity index (χ0n) is 10.9. The molecular weight excluding hydrogens is 266 g/mol. The molecule has 1 aromatic rings. The molecule has 0 radical (unpaired) electrons. The highest BCUT2D eigenvalue weighted by molar-refractivity contribution is 7.98. The predicted molar refractivity (Wildman–Crippen MR) is 81.1 cm³/mol. The molecule has 0 spiro atoms. The lowest BCUT2D eigenvalue weighted by Gasteiger charge is -2.20. The number of unbranched alkanes of at least 4 members (excludes halogenated alkanes) is 1. The first-order valence-electron chi connectivity index (χ1n) is 6.29. The highest BCUT2D eigenvalue weighted by Crippen LogP contribution is 2.22. The molecule has 0 amide bonds. The summed E-state index contributed by atoms with van der Waals surface area (Å²) < 4.78 is 0. The van der Waals surface area contributed by atoms with E-state index in [2.05, 4.69) is 6.07 Å². The first-order valence-corrected chi connectivity index (χ1v) is 7.82. The number of benzene rings is 1. The minimum absolute atomic E-state index is 0.333. The lowest BCUT2D eigenvalue weighted by molar-refractivity contribution is 0.0577. The minimum Gasteiger partial charge on any atom is -0.389 e. The van der Waals surface area contributed by atoms with Crippen LogP contribution in [0.2, 0.25) is 5.02 Å². The van der Waals surface area contributed by atoms with Gasteiger partial charge in [0, 0.05) is 17.3 Å². The molecule has 0 aliphatic carbocycles. The van der Waals surface area contributed by atoms with Gasteiger partial charge in [0.1, 0.15) is 0 Å². The Morgan fingerprint density at radius 2 is 2.06 bits per heavy atom. The average molecular weight is 288 g/mol. The lowest BCUT2D eigenvalue weighted by atomic mass is 10.00. The van der Waals surface area contributed by atoms with E-state index in [0.717, 1.165) is 35.8 Å². The molecule has 18 heavy (non-hydrogen) atoms. The highest BCUT2D eigenvalue weighted by atomic mass is 35.5. The molecule has 0 saturated carbocycles. The van der Waals surface area contributed by atoms with E-state index >= 15 is 0 Å². The van der Waals surface area contributed by atoms with E-state index in [1.807, 2.05) is 30.0 Å². The summed E-state index contributed by atoms with van der Waals surface area (Å²) in [4.78, 5) is 0. The molecule has 1 atom stereocenters. The van der Waals surface area contributed by atoms with Crippen LogP contribution in [0.5, 0.6) is 0 Å². The molecule has 2 nitrogen and oxygen atoms in total. The van der Waals surface area contributed by atoms with Crippen LogP contribution in [0.4, 0.5) is 0 Å². The Morgan fingerprint density at radius 1 is 1.33 bits per heavy atom. The normalized spacial score (nSPS) is 14.4. The van der Waals surface area contributed by atoms with Gasteiger partial charge >= 0.3 is 0 Å². The summed E-state index contributed by atoms with van der Waals surface area (Å²) >= 11 is 7.96. The van der Waals surface area contributed by atoms with Gasteiger partial charge < -0.3 is 10.8 Å². The van der Waals surface area contributed by atoms with Crippen molar-refractivity contribution < 1.29 is 5.11 Å². The second-order valence-corrected chi connectivity index (χ2v) is 6.31. The molecule has 0 heterocycles. The quantitative estimate of drug-likeness (QED) is 0.720. The maximum absolute atomic E-state index is 9.74. The van der Waals surface area contributed by atoms with Crippen molar-refractivity contribution in [3.05, 3.63) is 34.9 Å². The van der Waals surface area contributed by atoms with Crippen LogP contribution in [0.3, 0.4) is 0 Å². The Labute approximate surface area is 119 Å². The minimum atomic E-state index is -0.701. The fourth-order valence-electron chi connectivity index (χ4n) is 1.61. The molecule has 0 bridgehead atoms. The van der Waals surface area contributed by atoms with E-state index in [4.69, 9.17) is 17.3 Å². The standard InChI is InChI=1S/C14H22ClNOS/c1-14(17,11-16)8-4-5-9-18-10-12-6-2-3-7-13(12)15/h2-3,6-7,17H,4-5,8-11,16H2,1H3. The maximum atomic E-state index is 9.74. The van der Waals surface area contributed by atoms with Crippen molar-refractivity contribution in [2.75, 3.05) is 12.3 Å². The van der Waals surface area contributed by atoms with Crippen molar-refractivity contribution in [1.82, 2.24) is 0 Å². The van der Waals surface area contributed by atoms with Gasteiger partial charge in [-0.15, -0.1) is 0 Å². The molecule has 3 N–H and O–H groups in total. The summed E-state index contributed by atoms with van der Waals surface area (Å²) in [5.74, 6) is 2.04. The number of hydrogen-bond donors (Lipinski definition) is 2. The Morgan fingerprint density at radius 3 is 2.72 bits per heavy atom. The number of thioether (sulfide) groups is 1. The van der Waals surface area contributed by atoms with Gasteiger partial charge in [-0.2, -0.15) is 11.8 Å². The van der Waals surface area contributed by atoms with Crippen LogP contribution in [0.1, 0.15) is 31.7 Å². The molecule has 0 aliphatic rings. The van der Waals surface area contributed by atoms with Crippen LogP contribution in [0.15, 0.2) is 24.3 Å².